The Balaban J connectivity index is 1.75. The first-order valence-corrected chi connectivity index (χ1v) is 10.2. The van der Waals surface area contributed by atoms with Crippen LogP contribution in [0.25, 0.3) is 22.3 Å². The van der Waals surface area contributed by atoms with Crippen LogP contribution in [0.4, 0.5) is 10.3 Å². The minimum absolute atomic E-state index is 0.152. The van der Waals surface area contributed by atoms with Gasteiger partial charge < -0.3 is 4.90 Å². The minimum Gasteiger partial charge on any atom is -0.336 e. The Bertz CT molecular complexity index is 1400. The lowest BCUT2D eigenvalue weighted by Gasteiger charge is -2.29. The summed E-state index contributed by atoms with van der Waals surface area (Å²) < 4.78 is 16.3. The fourth-order valence-corrected chi connectivity index (χ4v) is 3.96. The van der Waals surface area contributed by atoms with E-state index in [1.165, 1.54) is 16.2 Å². The highest BCUT2D eigenvalue weighted by molar-refractivity contribution is 6.30. The molecule has 0 N–H and O–H groups in total. The predicted octanol–water partition coefficient (Wildman–Crippen LogP) is 3.45. The fraction of sp³-hybridized carbons (Fsp3) is 0.227. The van der Waals surface area contributed by atoms with Crippen LogP contribution >= 0.6 is 11.6 Å². The second-order valence-corrected chi connectivity index (χ2v) is 7.97. The Morgan fingerprint density at radius 3 is 2.74 bits per heavy atom. The van der Waals surface area contributed by atoms with Crippen LogP contribution in [-0.2, 0) is 20.0 Å². The fourth-order valence-electron chi connectivity index (χ4n) is 3.80. The van der Waals surface area contributed by atoms with E-state index in [2.05, 4.69) is 19.9 Å². The molecule has 5 rings (SSSR count). The van der Waals surface area contributed by atoms with Crippen molar-refractivity contribution in [3.8, 4) is 11.3 Å². The molecule has 0 spiro atoms. The third-order valence-electron chi connectivity index (χ3n) is 5.62. The van der Waals surface area contributed by atoms with Gasteiger partial charge >= 0.3 is 0 Å². The molecule has 4 heterocycles. The molecule has 9 heteroatoms. The zero-order valence-corrected chi connectivity index (χ0v) is 17.7. The van der Waals surface area contributed by atoms with Gasteiger partial charge in [-0.25, -0.2) is 19.3 Å². The standard InChI is InChI=1S/C22H18ClFN6O/c1-12-26-19-18(16-4-3-15(23)9-17(16)24)27-22(28-20(19)21(31)29(12)2)30-8-6-13-5-7-25-10-14(13)11-30/h3-5,7,9-10H,6,8,11H2,1-2H3. The van der Waals surface area contributed by atoms with Gasteiger partial charge in [-0.05, 0) is 48.7 Å². The highest BCUT2D eigenvalue weighted by atomic mass is 35.5. The van der Waals surface area contributed by atoms with E-state index in [4.69, 9.17) is 11.6 Å². The maximum atomic E-state index is 14.8. The first-order chi connectivity index (χ1) is 14.9. The van der Waals surface area contributed by atoms with Crippen LogP contribution in [0, 0.1) is 12.7 Å². The number of fused-ring (bicyclic) bond motifs is 2. The number of benzene rings is 1. The van der Waals surface area contributed by atoms with E-state index in [9.17, 15) is 9.18 Å². The molecular formula is C22H18ClFN6O. The molecule has 3 aromatic heterocycles. The highest BCUT2D eigenvalue weighted by Crippen LogP contribution is 2.31. The molecule has 4 aromatic rings. The van der Waals surface area contributed by atoms with Crippen LogP contribution in [0.15, 0.2) is 41.5 Å². The van der Waals surface area contributed by atoms with Crippen LogP contribution < -0.4 is 10.5 Å². The summed E-state index contributed by atoms with van der Waals surface area (Å²) in [4.78, 5) is 32.9. The van der Waals surface area contributed by atoms with E-state index < -0.39 is 5.82 Å². The van der Waals surface area contributed by atoms with Crippen molar-refractivity contribution in [2.24, 2.45) is 7.05 Å². The van der Waals surface area contributed by atoms with Crippen LogP contribution in [-0.4, -0.2) is 31.0 Å². The van der Waals surface area contributed by atoms with Crippen LogP contribution in [0.3, 0.4) is 0 Å². The largest absolute Gasteiger partial charge is 0.336 e. The van der Waals surface area contributed by atoms with Crippen LogP contribution in [0.5, 0.6) is 0 Å². The van der Waals surface area contributed by atoms with Gasteiger partial charge in [0, 0.05) is 43.1 Å². The minimum atomic E-state index is -0.535. The lowest BCUT2D eigenvalue weighted by molar-refractivity contribution is 0.630. The SMILES string of the molecule is Cc1nc2c(-c3ccc(Cl)cc3F)nc(N3CCc4ccncc4C3)nc2c(=O)n1C. The summed E-state index contributed by atoms with van der Waals surface area (Å²) in [6.45, 7) is 2.94. The molecular weight excluding hydrogens is 419 g/mol. The van der Waals surface area contributed by atoms with Gasteiger partial charge in [0.15, 0.2) is 5.52 Å². The van der Waals surface area contributed by atoms with Gasteiger partial charge in [-0.15, -0.1) is 0 Å². The van der Waals surface area contributed by atoms with Gasteiger partial charge in [-0.1, -0.05) is 11.6 Å². The zero-order chi connectivity index (χ0) is 21.7. The summed E-state index contributed by atoms with van der Waals surface area (Å²) in [6, 6.07) is 6.36. The van der Waals surface area contributed by atoms with Crippen molar-refractivity contribution in [3.05, 3.63) is 74.8 Å². The topological polar surface area (TPSA) is 76.8 Å². The number of pyridine rings is 1. The Labute approximate surface area is 182 Å². The first kappa shape index (κ1) is 19.6. The van der Waals surface area contributed by atoms with Gasteiger partial charge in [0.1, 0.15) is 22.9 Å². The number of nitrogens with zero attached hydrogens (tertiary/aromatic N) is 6. The molecule has 0 saturated carbocycles. The van der Waals surface area contributed by atoms with E-state index in [0.29, 0.717) is 24.9 Å². The van der Waals surface area contributed by atoms with Crippen molar-refractivity contribution < 1.29 is 4.39 Å². The molecule has 1 aromatic carbocycles. The lowest BCUT2D eigenvalue weighted by Crippen LogP contribution is -2.32. The molecule has 1 aliphatic heterocycles. The third-order valence-corrected chi connectivity index (χ3v) is 5.86. The number of hydrogen-bond acceptors (Lipinski definition) is 6. The number of hydrogen-bond donors (Lipinski definition) is 0. The Hall–Kier alpha value is -3.39. The van der Waals surface area contributed by atoms with E-state index in [0.717, 1.165) is 12.0 Å². The number of aryl methyl sites for hydroxylation is 1. The molecule has 1 aliphatic rings. The summed E-state index contributed by atoms with van der Waals surface area (Å²) in [5.41, 5.74) is 2.91. The molecule has 7 nitrogen and oxygen atoms in total. The molecule has 0 amide bonds. The van der Waals surface area contributed by atoms with Crippen molar-refractivity contribution in [1.82, 2.24) is 24.5 Å². The normalized spacial score (nSPS) is 13.5. The summed E-state index contributed by atoms with van der Waals surface area (Å²) in [7, 11) is 1.64. The Kier molecular flexibility index (Phi) is 4.66. The summed E-state index contributed by atoms with van der Waals surface area (Å²) in [5.74, 6) is 0.309. The molecule has 0 atom stereocenters. The van der Waals surface area contributed by atoms with Crippen molar-refractivity contribution in [1.29, 1.82) is 0 Å². The lowest BCUT2D eigenvalue weighted by atomic mass is 10.0. The van der Waals surface area contributed by atoms with E-state index in [1.807, 2.05) is 17.2 Å². The quantitative estimate of drug-likeness (QED) is 0.479. The van der Waals surface area contributed by atoms with Gasteiger partial charge in [0.05, 0.1) is 0 Å². The first-order valence-electron chi connectivity index (χ1n) is 9.80. The van der Waals surface area contributed by atoms with Crippen molar-refractivity contribution >= 4 is 28.6 Å². The van der Waals surface area contributed by atoms with Crippen molar-refractivity contribution in [2.45, 2.75) is 19.9 Å². The van der Waals surface area contributed by atoms with Gasteiger partial charge in [-0.3, -0.25) is 14.3 Å². The van der Waals surface area contributed by atoms with Crippen LogP contribution in [0.1, 0.15) is 17.0 Å². The average Bonchev–Trinajstić information content (AvgIpc) is 2.77. The van der Waals surface area contributed by atoms with Gasteiger partial charge in [0.2, 0.25) is 5.95 Å². The van der Waals surface area contributed by atoms with E-state index in [-0.39, 0.29) is 32.9 Å². The summed E-state index contributed by atoms with van der Waals surface area (Å²) in [5, 5.41) is 0.278. The predicted molar refractivity (Wildman–Crippen MR) is 117 cm³/mol. The molecule has 0 unspecified atom stereocenters. The highest BCUT2D eigenvalue weighted by Gasteiger charge is 2.23. The molecule has 0 saturated heterocycles. The molecule has 0 aliphatic carbocycles. The van der Waals surface area contributed by atoms with E-state index in [1.54, 1.807) is 32.3 Å². The molecule has 0 radical (unpaired) electrons. The molecule has 0 bridgehead atoms. The van der Waals surface area contributed by atoms with Crippen LogP contribution in [0.2, 0.25) is 5.02 Å². The Morgan fingerprint density at radius 1 is 1.10 bits per heavy atom. The van der Waals surface area contributed by atoms with Gasteiger partial charge in [0.25, 0.3) is 5.56 Å². The summed E-state index contributed by atoms with van der Waals surface area (Å²) >= 11 is 5.94. The molecule has 156 valence electrons. The van der Waals surface area contributed by atoms with Crippen molar-refractivity contribution in [2.75, 3.05) is 11.4 Å². The van der Waals surface area contributed by atoms with Gasteiger partial charge in [-0.2, -0.15) is 0 Å². The average molecular weight is 437 g/mol. The second-order valence-electron chi connectivity index (χ2n) is 7.53. The number of anilines is 1. The van der Waals surface area contributed by atoms with Crippen molar-refractivity contribution in [3.63, 3.8) is 0 Å². The van der Waals surface area contributed by atoms with E-state index >= 15 is 0 Å². The number of rotatable bonds is 2. The third kappa shape index (κ3) is 3.33. The molecule has 31 heavy (non-hydrogen) atoms. The smallest absolute Gasteiger partial charge is 0.279 e. The second kappa shape index (κ2) is 7.39. The molecule has 0 fully saturated rings. The Morgan fingerprint density at radius 2 is 1.94 bits per heavy atom. The zero-order valence-electron chi connectivity index (χ0n) is 16.9. The maximum absolute atomic E-state index is 14.8. The number of halogens is 2. The number of aromatic nitrogens is 5. The monoisotopic (exact) mass is 436 g/mol. The maximum Gasteiger partial charge on any atom is 0.279 e. The summed E-state index contributed by atoms with van der Waals surface area (Å²) in [6.07, 6.45) is 4.40.